The van der Waals surface area contributed by atoms with E-state index < -0.39 is 12.0 Å². The Morgan fingerprint density at radius 2 is 1.79 bits per heavy atom. The molecule has 0 radical (unpaired) electrons. The third-order valence-electron chi connectivity index (χ3n) is 3.82. The van der Waals surface area contributed by atoms with Gasteiger partial charge in [0, 0.05) is 11.3 Å². The number of anilines is 1. The summed E-state index contributed by atoms with van der Waals surface area (Å²) in [7, 11) is 0. The lowest BCUT2D eigenvalue weighted by molar-refractivity contribution is -0.122. The van der Waals surface area contributed by atoms with Gasteiger partial charge in [-0.3, -0.25) is 9.59 Å². The summed E-state index contributed by atoms with van der Waals surface area (Å²) in [5, 5.41) is 2.82. The number of primary amides is 1. The van der Waals surface area contributed by atoms with Crippen LogP contribution in [0.15, 0.2) is 42.5 Å². The van der Waals surface area contributed by atoms with Crippen LogP contribution < -0.4 is 15.8 Å². The van der Waals surface area contributed by atoms with Gasteiger partial charge >= 0.3 is 0 Å². The molecule has 5 nitrogen and oxygen atoms in total. The second kappa shape index (κ2) is 7.64. The number of nitrogens with two attached hydrogens (primary N) is 1. The second-order valence-corrected chi connectivity index (χ2v) is 5.66. The molecule has 1 atom stereocenters. The van der Waals surface area contributed by atoms with Crippen molar-refractivity contribution in [2.24, 2.45) is 5.73 Å². The van der Waals surface area contributed by atoms with Gasteiger partial charge in [0.05, 0.1) is 0 Å². The van der Waals surface area contributed by atoms with E-state index in [0.29, 0.717) is 29.0 Å². The fourth-order valence-corrected chi connectivity index (χ4v) is 2.35. The van der Waals surface area contributed by atoms with Gasteiger partial charge in [0.2, 0.25) is 5.91 Å². The lowest BCUT2D eigenvalue weighted by Gasteiger charge is -2.18. The molecule has 24 heavy (non-hydrogen) atoms. The van der Waals surface area contributed by atoms with E-state index in [1.165, 1.54) is 0 Å². The zero-order valence-electron chi connectivity index (χ0n) is 14.1. The maximum Gasteiger partial charge on any atom is 0.265 e. The molecule has 2 rings (SSSR count). The van der Waals surface area contributed by atoms with Crippen molar-refractivity contribution in [2.45, 2.75) is 33.3 Å². The lowest BCUT2D eigenvalue weighted by atomic mass is 10.1. The molecule has 0 saturated heterocycles. The molecule has 3 N–H and O–H groups in total. The van der Waals surface area contributed by atoms with Crippen LogP contribution in [0.5, 0.6) is 5.75 Å². The highest BCUT2D eigenvalue weighted by atomic mass is 16.5. The van der Waals surface area contributed by atoms with Crippen LogP contribution in [0.1, 0.15) is 34.8 Å². The highest BCUT2D eigenvalue weighted by molar-refractivity contribution is 5.99. The largest absolute Gasteiger partial charge is 0.481 e. The maximum absolute atomic E-state index is 12.5. The van der Waals surface area contributed by atoms with Crippen molar-refractivity contribution in [1.82, 2.24) is 0 Å². The van der Waals surface area contributed by atoms with E-state index in [9.17, 15) is 9.59 Å². The fraction of sp³-hybridized carbons (Fsp3) is 0.263. The van der Waals surface area contributed by atoms with E-state index in [0.717, 1.165) is 5.56 Å². The van der Waals surface area contributed by atoms with Crippen LogP contribution in [0.3, 0.4) is 0 Å². The molecule has 0 aliphatic heterocycles. The Hall–Kier alpha value is -2.82. The van der Waals surface area contributed by atoms with Gasteiger partial charge in [-0.25, -0.2) is 0 Å². The Bertz CT molecular complexity index is 739. The number of ether oxygens (including phenoxy) is 1. The van der Waals surface area contributed by atoms with E-state index in [-0.39, 0.29) is 5.91 Å². The van der Waals surface area contributed by atoms with Crippen LogP contribution in [0.2, 0.25) is 0 Å². The Labute approximate surface area is 141 Å². The van der Waals surface area contributed by atoms with Crippen molar-refractivity contribution >= 4 is 17.5 Å². The van der Waals surface area contributed by atoms with Gasteiger partial charge in [0.25, 0.3) is 5.91 Å². The first-order chi connectivity index (χ1) is 11.4. The summed E-state index contributed by atoms with van der Waals surface area (Å²) in [5.41, 5.74) is 8.05. The molecule has 2 amide bonds. The third kappa shape index (κ3) is 4.13. The quantitative estimate of drug-likeness (QED) is 0.855. The smallest absolute Gasteiger partial charge is 0.265 e. The maximum atomic E-state index is 12.5. The number of aryl methyl sites for hydroxylation is 1. The van der Waals surface area contributed by atoms with Gasteiger partial charge in [0.15, 0.2) is 6.10 Å². The Morgan fingerprint density at radius 1 is 1.12 bits per heavy atom. The molecular weight excluding hydrogens is 304 g/mol. The molecule has 0 saturated carbocycles. The van der Waals surface area contributed by atoms with Crippen LogP contribution in [-0.2, 0) is 4.79 Å². The van der Waals surface area contributed by atoms with Crippen molar-refractivity contribution in [3.63, 3.8) is 0 Å². The zero-order valence-corrected chi connectivity index (χ0v) is 14.1. The number of benzene rings is 2. The SMILES string of the molecule is CCC(Oc1ccc(C)cc1)C(=O)Nc1cccc(C(N)=O)c1C. The van der Waals surface area contributed by atoms with Gasteiger partial charge in [-0.1, -0.05) is 30.7 Å². The van der Waals surface area contributed by atoms with Crippen molar-refractivity contribution in [3.8, 4) is 5.75 Å². The number of hydrogen-bond donors (Lipinski definition) is 2. The van der Waals surface area contributed by atoms with Gasteiger partial charge in [-0.2, -0.15) is 0 Å². The predicted octanol–water partition coefficient (Wildman–Crippen LogP) is 3.20. The summed E-state index contributed by atoms with van der Waals surface area (Å²) in [4.78, 5) is 23.9. The van der Waals surface area contributed by atoms with E-state index in [1.54, 1.807) is 25.1 Å². The first-order valence-electron chi connectivity index (χ1n) is 7.86. The second-order valence-electron chi connectivity index (χ2n) is 5.66. The molecule has 2 aromatic carbocycles. The number of rotatable bonds is 6. The predicted molar refractivity (Wildman–Crippen MR) is 94.2 cm³/mol. The molecule has 0 aromatic heterocycles. The molecule has 0 bridgehead atoms. The first kappa shape index (κ1) is 17.5. The zero-order chi connectivity index (χ0) is 17.7. The van der Waals surface area contributed by atoms with E-state index >= 15 is 0 Å². The van der Waals surface area contributed by atoms with Gasteiger partial charge in [-0.15, -0.1) is 0 Å². The number of carbonyl (C=O) groups is 2. The van der Waals surface area contributed by atoms with Crippen LogP contribution in [0, 0.1) is 13.8 Å². The Kier molecular flexibility index (Phi) is 5.58. The highest BCUT2D eigenvalue weighted by Crippen LogP contribution is 2.20. The minimum absolute atomic E-state index is 0.261. The Balaban J connectivity index is 2.13. The first-order valence-corrected chi connectivity index (χ1v) is 7.86. The topological polar surface area (TPSA) is 81.4 Å². The standard InChI is InChI=1S/C19H22N2O3/c1-4-17(24-14-10-8-12(2)9-11-14)19(23)21-16-7-5-6-15(13(16)3)18(20)22/h5-11,17H,4H2,1-3H3,(H2,20,22)(H,21,23). The summed E-state index contributed by atoms with van der Waals surface area (Å²) in [6.45, 7) is 5.62. The summed E-state index contributed by atoms with van der Waals surface area (Å²) >= 11 is 0. The third-order valence-corrected chi connectivity index (χ3v) is 3.82. The summed E-state index contributed by atoms with van der Waals surface area (Å²) in [5.74, 6) is -0.139. The monoisotopic (exact) mass is 326 g/mol. The van der Waals surface area contributed by atoms with Gasteiger partial charge < -0.3 is 15.8 Å². The molecule has 0 aliphatic rings. The number of nitrogens with one attached hydrogen (secondary N) is 1. The highest BCUT2D eigenvalue weighted by Gasteiger charge is 2.20. The van der Waals surface area contributed by atoms with Crippen molar-refractivity contribution in [3.05, 3.63) is 59.2 Å². The molecule has 0 spiro atoms. The lowest BCUT2D eigenvalue weighted by Crippen LogP contribution is -2.32. The summed E-state index contributed by atoms with van der Waals surface area (Å²) < 4.78 is 5.77. The molecule has 2 aromatic rings. The molecule has 0 aliphatic carbocycles. The van der Waals surface area contributed by atoms with Crippen molar-refractivity contribution < 1.29 is 14.3 Å². The van der Waals surface area contributed by atoms with E-state index in [2.05, 4.69) is 5.32 Å². The van der Waals surface area contributed by atoms with Crippen LogP contribution in [-0.4, -0.2) is 17.9 Å². The molecule has 1 unspecified atom stereocenters. The average molecular weight is 326 g/mol. The van der Waals surface area contributed by atoms with Crippen LogP contribution >= 0.6 is 0 Å². The normalized spacial score (nSPS) is 11.6. The minimum Gasteiger partial charge on any atom is -0.481 e. The van der Waals surface area contributed by atoms with Crippen molar-refractivity contribution in [2.75, 3.05) is 5.32 Å². The number of carbonyl (C=O) groups excluding carboxylic acids is 2. The van der Waals surface area contributed by atoms with E-state index in [1.807, 2.05) is 38.1 Å². The van der Waals surface area contributed by atoms with Crippen LogP contribution in [0.25, 0.3) is 0 Å². The van der Waals surface area contributed by atoms with Crippen LogP contribution in [0.4, 0.5) is 5.69 Å². The average Bonchev–Trinajstić information content (AvgIpc) is 2.55. The fourth-order valence-electron chi connectivity index (χ4n) is 2.35. The molecule has 126 valence electrons. The summed E-state index contributed by atoms with van der Waals surface area (Å²) in [6.07, 6.45) is -0.0989. The number of amides is 2. The van der Waals surface area contributed by atoms with Crippen molar-refractivity contribution in [1.29, 1.82) is 0 Å². The van der Waals surface area contributed by atoms with Gasteiger partial charge in [-0.05, 0) is 50.1 Å². The summed E-state index contributed by atoms with van der Waals surface area (Å²) in [6, 6.07) is 12.6. The Morgan fingerprint density at radius 3 is 2.38 bits per heavy atom. The molecule has 0 fully saturated rings. The molecule has 5 heteroatoms. The number of hydrogen-bond acceptors (Lipinski definition) is 3. The van der Waals surface area contributed by atoms with E-state index in [4.69, 9.17) is 10.5 Å². The molecule has 0 heterocycles. The minimum atomic E-state index is -0.621. The van der Waals surface area contributed by atoms with Gasteiger partial charge in [0.1, 0.15) is 5.75 Å². The molecular formula is C19H22N2O3.